The second-order valence-electron chi connectivity index (χ2n) is 4.67. The highest BCUT2D eigenvalue weighted by atomic mass is 14.2. The van der Waals surface area contributed by atoms with Crippen LogP contribution in [0.1, 0.15) is 65.2 Å². The summed E-state index contributed by atoms with van der Waals surface area (Å²) in [4.78, 5) is 0. The number of hydrogen-bond donors (Lipinski definition) is 0. The van der Waals surface area contributed by atoms with Crippen molar-refractivity contribution in [1.29, 1.82) is 0 Å². The van der Waals surface area contributed by atoms with Crippen molar-refractivity contribution in [2.24, 2.45) is 5.92 Å². The Morgan fingerprint density at radius 1 is 1.20 bits per heavy atom. The summed E-state index contributed by atoms with van der Waals surface area (Å²) < 4.78 is 0. The summed E-state index contributed by atoms with van der Waals surface area (Å²) in [5.74, 6) is 0.863. The van der Waals surface area contributed by atoms with Crippen LogP contribution in [0.15, 0.2) is 23.8 Å². The highest BCUT2D eigenvalue weighted by Crippen LogP contribution is 2.30. The van der Waals surface area contributed by atoms with Crippen molar-refractivity contribution in [3.05, 3.63) is 23.8 Å². The first-order chi connectivity index (χ1) is 7.38. The minimum atomic E-state index is 0.863. The first-order valence-corrected chi connectivity index (χ1v) is 6.71. The maximum absolute atomic E-state index is 2.38. The molecule has 0 atom stereocenters. The molecule has 0 bridgehead atoms. The van der Waals surface area contributed by atoms with Crippen LogP contribution in [0.2, 0.25) is 0 Å². The third-order valence-corrected chi connectivity index (χ3v) is 3.44. The number of allylic oxidation sites excluding steroid dienone is 4. The summed E-state index contributed by atoms with van der Waals surface area (Å²) in [6.07, 6.45) is 18.1. The normalized spacial score (nSPS) is 20.0. The topological polar surface area (TPSA) is 0 Å². The molecule has 0 heteroatoms. The van der Waals surface area contributed by atoms with Gasteiger partial charge >= 0.3 is 0 Å². The van der Waals surface area contributed by atoms with Gasteiger partial charge in [0.25, 0.3) is 0 Å². The molecule has 0 aromatic heterocycles. The molecule has 15 heavy (non-hydrogen) atoms. The largest absolute Gasteiger partial charge is 0.0843 e. The Bertz CT molecular complexity index is 204. The molecule has 0 aromatic carbocycles. The van der Waals surface area contributed by atoms with Gasteiger partial charge in [0.2, 0.25) is 0 Å². The highest BCUT2D eigenvalue weighted by molar-refractivity contribution is 5.21. The van der Waals surface area contributed by atoms with E-state index in [-0.39, 0.29) is 0 Å². The molecule has 0 N–H and O–H groups in total. The van der Waals surface area contributed by atoms with Crippen LogP contribution in [-0.4, -0.2) is 0 Å². The van der Waals surface area contributed by atoms with E-state index in [4.69, 9.17) is 0 Å². The van der Waals surface area contributed by atoms with E-state index in [0.29, 0.717) is 0 Å². The third kappa shape index (κ3) is 4.68. The van der Waals surface area contributed by atoms with Gasteiger partial charge in [0.1, 0.15) is 0 Å². The van der Waals surface area contributed by atoms with Gasteiger partial charge in [-0.3, -0.25) is 0 Å². The van der Waals surface area contributed by atoms with Gasteiger partial charge in [-0.15, -0.1) is 0 Å². The molecule has 0 nitrogen and oxygen atoms in total. The van der Waals surface area contributed by atoms with Crippen LogP contribution in [0, 0.1) is 5.92 Å². The van der Waals surface area contributed by atoms with Crippen LogP contribution < -0.4 is 0 Å². The number of rotatable bonds is 5. The lowest BCUT2D eigenvalue weighted by molar-refractivity contribution is 0.408. The van der Waals surface area contributed by atoms with E-state index < -0.39 is 0 Å². The van der Waals surface area contributed by atoms with E-state index in [0.717, 1.165) is 5.92 Å². The molecular weight excluding hydrogens is 180 g/mol. The van der Waals surface area contributed by atoms with E-state index in [2.05, 4.69) is 32.1 Å². The van der Waals surface area contributed by atoms with E-state index in [1.54, 1.807) is 5.57 Å². The van der Waals surface area contributed by atoms with Gasteiger partial charge in [0.05, 0.1) is 0 Å². The second kappa shape index (κ2) is 7.73. The Balaban J connectivity index is 2.37. The quantitative estimate of drug-likeness (QED) is 0.425. The standard InChI is InChI=1S/C15H26/c1-3-5-6-8-11-14(4-2)15-12-9-7-10-13-15/h4,8,11,15H,3,5-7,9-10,12-13H2,1-2H3. The van der Waals surface area contributed by atoms with Crippen LogP contribution in [0.4, 0.5) is 0 Å². The van der Waals surface area contributed by atoms with Crippen molar-refractivity contribution < 1.29 is 0 Å². The predicted molar refractivity (Wildman–Crippen MR) is 69.0 cm³/mol. The zero-order valence-electron chi connectivity index (χ0n) is 10.5. The van der Waals surface area contributed by atoms with Gasteiger partial charge in [0.15, 0.2) is 0 Å². The molecule has 1 saturated carbocycles. The SMILES string of the molecule is CC=C(C=CCCCC)C1CCCCC1. The van der Waals surface area contributed by atoms with E-state index in [1.807, 2.05) is 0 Å². The lowest BCUT2D eigenvalue weighted by Crippen LogP contribution is -2.07. The Kier molecular flexibility index (Phi) is 6.47. The molecule has 0 saturated heterocycles. The van der Waals surface area contributed by atoms with Gasteiger partial charge in [-0.1, -0.05) is 57.3 Å². The molecule has 0 aliphatic heterocycles. The fourth-order valence-electron chi connectivity index (χ4n) is 2.45. The van der Waals surface area contributed by atoms with E-state index in [1.165, 1.54) is 51.4 Å². The van der Waals surface area contributed by atoms with Gasteiger partial charge < -0.3 is 0 Å². The fraction of sp³-hybridized carbons (Fsp3) is 0.733. The van der Waals surface area contributed by atoms with Gasteiger partial charge in [0, 0.05) is 0 Å². The predicted octanol–water partition coefficient (Wildman–Crippen LogP) is 5.26. The van der Waals surface area contributed by atoms with E-state index in [9.17, 15) is 0 Å². The van der Waals surface area contributed by atoms with Crippen molar-refractivity contribution in [3.63, 3.8) is 0 Å². The van der Waals surface area contributed by atoms with Gasteiger partial charge in [-0.2, -0.15) is 0 Å². The molecule has 1 aliphatic carbocycles. The summed E-state index contributed by atoms with van der Waals surface area (Å²) in [7, 11) is 0. The summed E-state index contributed by atoms with van der Waals surface area (Å²) in [5.41, 5.74) is 1.59. The van der Waals surface area contributed by atoms with Crippen LogP contribution in [-0.2, 0) is 0 Å². The second-order valence-corrected chi connectivity index (χ2v) is 4.67. The summed E-state index contributed by atoms with van der Waals surface area (Å²) in [5, 5.41) is 0. The van der Waals surface area contributed by atoms with Crippen LogP contribution in [0.5, 0.6) is 0 Å². The molecule has 0 spiro atoms. The molecule has 1 aliphatic rings. The monoisotopic (exact) mass is 206 g/mol. The molecule has 1 fully saturated rings. The lowest BCUT2D eigenvalue weighted by Gasteiger charge is -2.22. The van der Waals surface area contributed by atoms with Gasteiger partial charge in [-0.05, 0) is 37.7 Å². The van der Waals surface area contributed by atoms with Crippen LogP contribution in [0.3, 0.4) is 0 Å². The summed E-state index contributed by atoms with van der Waals surface area (Å²) in [6, 6.07) is 0. The first kappa shape index (κ1) is 12.5. The smallest absolute Gasteiger partial charge is 0.0165 e. The minimum Gasteiger partial charge on any atom is -0.0843 e. The Morgan fingerprint density at radius 2 is 1.93 bits per heavy atom. The molecule has 1 rings (SSSR count). The Labute approximate surface area is 95.5 Å². The van der Waals surface area contributed by atoms with Crippen LogP contribution in [0.25, 0.3) is 0 Å². The number of unbranched alkanes of at least 4 members (excludes halogenated alkanes) is 2. The number of hydrogen-bond acceptors (Lipinski definition) is 0. The maximum atomic E-state index is 2.38. The average Bonchev–Trinajstić information content (AvgIpc) is 2.30. The van der Waals surface area contributed by atoms with Crippen molar-refractivity contribution >= 4 is 0 Å². The summed E-state index contributed by atoms with van der Waals surface area (Å²) >= 11 is 0. The van der Waals surface area contributed by atoms with Crippen LogP contribution >= 0.6 is 0 Å². The summed E-state index contributed by atoms with van der Waals surface area (Å²) in [6.45, 7) is 4.44. The Hall–Kier alpha value is -0.520. The van der Waals surface area contributed by atoms with Crippen molar-refractivity contribution in [3.8, 4) is 0 Å². The lowest BCUT2D eigenvalue weighted by atomic mass is 9.83. The Morgan fingerprint density at radius 3 is 2.53 bits per heavy atom. The molecule has 0 amide bonds. The molecule has 0 unspecified atom stereocenters. The van der Waals surface area contributed by atoms with Crippen molar-refractivity contribution in [1.82, 2.24) is 0 Å². The highest BCUT2D eigenvalue weighted by Gasteiger charge is 2.14. The van der Waals surface area contributed by atoms with Crippen molar-refractivity contribution in [2.45, 2.75) is 65.2 Å². The van der Waals surface area contributed by atoms with Gasteiger partial charge in [-0.25, -0.2) is 0 Å². The average molecular weight is 206 g/mol. The zero-order chi connectivity index (χ0) is 10.9. The first-order valence-electron chi connectivity index (χ1n) is 6.71. The van der Waals surface area contributed by atoms with Crippen molar-refractivity contribution in [2.75, 3.05) is 0 Å². The molecule has 0 aromatic rings. The third-order valence-electron chi connectivity index (χ3n) is 3.44. The van der Waals surface area contributed by atoms with E-state index >= 15 is 0 Å². The molecule has 0 heterocycles. The molecule has 86 valence electrons. The minimum absolute atomic E-state index is 0.863. The zero-order valence-corrected chi connectivity index (χ0v) is 10.5. The maximum Gasteiger partial charge on any atom is -0.0165 e. The molecule has 0 radical (unpaired) electrons. The molecular formula is C15H26. The fourth-order valence-corrected chi connectivity index (χ4v) is 2.45.